The van der Waals surface area contributed by atoms with Gasteiger partial charge in [0.05, 0.1) is 6.61 Å². The van der Waals surface area contributed by atoms with Gasteiger partial charge in [-0.25, -0.2) is 0 Å². The third-order valence-corrected chi connectivity index (χ3v) is 6.31. The van der Waals surface area contributed by atoms with Crippen LogP contribution in [0.1, 0.15) is 87.7 Å². The lowest BCUT2D eigenvalue weighted by Gasteiger charge is -2.23. The molecule has 28 heavy (non-hydrogen) atoms. The maximum Gasteiger partial charge on any atom is 0.297 e. The summed E-state index contributed by atoms with van der Waals surface area (Å²) < 4.78 is 31.7. The molecule has 0 unspecified atom stereocenters. The number of hydrogen-bond donors (Lipinski definition) is 1. The molecule has 154 valence electrons. The first-order chi connectivity index (χ1) is 13.0. The molecule has 4 nitrogen and oxygen atoms in total. The van der Waals surface area contributed by atoms with Gasteiger partial charge in [-0.1, -0.05) is 84.0 Å². The highest BCUT2D eigenvalue weighted by Crippen LogP contribution is 2.36. The fraction of sp³-hybridized carbons (Fsp3) is 0.478. The monoisotopic (exact) mass is 404 g/mol. The summed E-state index contributed by atoms with van der Waals surface area (Å²) in [6.07, 6.45) is -1.00. The van der Waals surface area contributed by atoms with Gasteiger partial charge in [-0.05, 0) is 40.0 Å². The zero-order valence-electron chi connectivity index (χ0n) is 17.6. The van der Waals surface area contributed by atoms with Gasteiger partial charge in [-0.15, -0.1) is 0 Å². The van der Waals surface area contributed by atoms with Gasteiger partial charge in [-0.2, -0.15) is 8.42 Å². The Balaban J connectivity index is 2.45. The molecule has 1 N–H and O–H groups in total. The molecule has 2 aromatic rings. The Bertz CT molecular complexity index is 855. The fourth-order valence-electron chi connectivity index (χ4n) is 3.16. The second-order valence-corrected chi connectivity index (χ2v) is 9.71. The van der Waals surface area contributed by atoms with E-state index in [-0.39, 0.29) is 23.3 Å². The summed E-state index contributed by atoms with van der Waals surface area (Å²) in [5.74, 6) is 0.361. The number of aliphatic hydroxyl groups is 1. The number of hydrogen-bond acceptors (Lipinski definition) is 4. The van der Waals surface area contributed by atoms with Gasteiger partial charge in [0.15, 0.2) is 0 Å². The normalized spacial score (nSPS) is 13.5. The zero-order valence-corrected chi connectivity index (χ0v) is 18.5. The summed E-state index contributed by atoms with van der Waals surface area (Å²) in [5, 5.41) is 10.3. The molecule has 2 rings (SSSR count). The number of rotatable bonds is 8. The van der Waals surface area contributed by atoms with Crippen molar-refractivity contribution in [3.63, 3.8) is 0 Å². The Kier molecular flexibility index (Phi) is 7.43. The van der Waals surface area contributed by atoms with E-state index in [1.165, 1.54) is 0 Å². The van der Waals surface area contributed by atoms with E-state index in [1.54, 1.807) is 24.3 Å². The highest BCUT2D eigenvalue weighted by atomic mass is 32.2. The van der Waals surface area contributed by atoms with Crippen molar-refractivity contribution in [2.45, 2.75) is 70.3 Å². The lowest BCUT2D eigenvalue weighted by Crippen LogP contribution is -2.18. The van der Waals surface area contributed by atoms with E-state index in [4.69, 9.17) is 4.18 Å². The lowest BCUT2D eigenvalue weighted by molar-refractivity contribution is 0.111. The molecule has 0 bridgehead atoms. The highest BCUT2D eigenvalue weighted by Gasteiger charge is 2.28. The summed E-state index contributed by atoms with van der Waals surface area (Å²) >= 11 is 0. The SMILES string of the molecule is CC(C)c1cc(C(C)C)c(S(=O)(=O)OC[C@H](O)c2ccccc2)c(C(C)C)c1. The van der Waals surface area contributed by atoms with Crippen LogP contribution in [0.3, 0.4) is 0 Å². The van der Waals surface area contributed by atoms with E-state index >= 15 is 0 Å². The first-order valence-corrected chi connectivity index (χ1v) is 11.3. The van der Waals surface area contributed by atoms with Crippen molar-refractivity contribution in [2.75, 3.05) is 6.61 Å². The molecule has 0 saturated carbocycles. The third kappa shape index (κ3) is 5.22. The number of benzene rings is 2. The lowest BCUT2D eigenvalue weighted by atomic mass is 9.89. The van der Waals surface area contributed by atoms with Gasteiger partial charge in [0.2, 0.25) is 0 Å². The van der Waals surface area contributed by atoms with E-state index in [0.29, 0.717) is 11.5 Å². The third-order valence-electron chi connectivity index (χ3n) is 4.89. The minimum Gasteiger partial charge on any atom is -0.386 e. The Labute approximate surface area is 169 Å². The topological polar surface area (TPSA) is 63.6 Å². The van der Waals surface area contributed by atoms with E-state index in [2.05, 4.69) is 13.8 Å². The quantitative estimate of drug-likeness (QED) is 0.590. The van der Waals surface area contributed by atoms with Crippen LogP contribution < -0.4 is 0 Å². The molecule has 0 aliphatic heterocycles. The van der Waals surface area contributed by atoms with Crippen LogP contribution in [0, 0.1) is 0 Å². The molecule has 0 spiro atoms. The van der Waals surface area contributed by atoms with Crippen LogP contribution in [-0.2, 0) is 14.3 Å². The average Bonchev–Trinajstić information content (AvgIpc) is 2.65. The molecule has 0 aliphatic rings. The maximum atomic E-state index is 13.2. The van der Waals surface area contributed by atoms with Gasteiger partial charge in [-0.3, -0.25) is 4.18 Å². The molecule has 0 amide bonds. The second-order valence-electron chi connectivity index (χ2n) is 8.16. The van der Waals surface area contributed by atoms with E-state index in [9.17, 15) is 13.5 Å². The van der Waals surface area contributed by atoms with E-state index < -0.39 is 16.2 Å². The van der Waals surface area contributed by atoms with Crippen molar-refractivity contribution < 1.29 is 17.7 Å². The van der Waals surface area contributed by atoms with Crippen molar-refractivity contribution in [1.29, 1.82) is 0 Å². The predicted octanol–water partition coefficient (Wildman–Crippen LogP) is 5.50. The van der Waals surface area contributed by atoms with E-state index in [1.807, 2.05) is 45.9 Å². The molecule has 2 aromatic carbocycles. The van der Waals surface area contributed by atoms with Crippen LogP contribution in [0.15, 0.2) is 47.4 Å². The predicted molar refractivity (Wildman–Crippen MR) is 113 cm³/mol. The fourth-order valence-corrected chi connectivity index (χ4v) is 4.76. The average molecular weight is 405 g/mol. The Morgan fingerprint density at radius 2 is 1.32 bits per heavy atom. The van der Waals surface area contributed by atoms with Crippen LogP contribution in [-0.4, -0.2) is 20.1 Å². The smallest absolute Gasteiger partial charge is 0.297 e. The summed E-state index contributed by atoms with van der Waals surface area (Å²) in [7, 11) is -4.02. The van der Waals surface area contributed by atoms with Crippen LogP contribution in [0.25, 0.3) is 0 Å². The summed E-state index contributed by atoms with van der Waals surface area (Å²) in [6, 6.07) is 12.9. The Morgan fingerprint density at radius 3 is 1.75 bits per heavy atom. The minimum absolute atomic E-state index is 0.0311. The maximum absolute atomic E-state index is 13.2. The van der Waals surface area contributed by atoms with Gasteiger partial charge in [0, 0.05) is 0 Å². The van der Waals surface area contributed by atoms with Crippen LogP contribution in [0.2, 0.25) is 0 Å². The Morgan fingerprint density at radius 1 is 0.821 bits per heavy atom. The van der Waals surface area contributed by atoms with Crippen molar-refractivity contribution >= 4 is 10.1 Å². The highest BCUT2D eigenvalue weighted by molar-refractivity contribution is 7.86. The van der Waals surface area contributed by atoms with Gasteiger partial charge >= 0.3 is 0 Å². The van der Waals surface area contributed by atoms with E-state index in [0.717, 1.165) is 16.7 Å². The minimum atomic E-state index is -4.02. The van der Waals surface area contributed by atoms with Crippen LogP contribution in [0.5, 0.6) is 0 Å². The van der Waals surface area contributed by atoms with Crippen molar-refractivity contribution in [3.05, 3.63) is 64.7 Å². The van der Waals surface area contributed by atoms with Crippen molar-refractivity contribution in [2.24, 2.45) is 0 Å². The van der Waals surface area contributed by atoms with Crippen LogP contribution in [0.4, 0.5) is 0 Å². The molecule has 0 saturated heterocycles. The van der Waals surface area contributed by atoms with Gasteiger partial charge in [0.1, 0.15) is 11.0 Å². The zero-order chi connectivity index (χ0) is 21.1. The first-order valence-electron chi connectivity index (χ1n) is 9.84. The largest absolute Gasteiger partial charge is 0.386 e. The van der Waals surface area contributed by atoms with Crippen LogP contribution >= 0.6 is 0 Å². The van der Waals surface area contributed by atoms with Crippen molar-refractivity contribution in [1.82, 2.24) is 0 Å². The summed E-state index contributed by atoms with van der Waals surface area (Å²) in [6.45, 7) is 11.8. The molecule has 0 aliphatic carbocycles. The Hall–Kier alpha value is -1.69. The molecule has 5 heteroatoms. The van der Waals surface area contributed by atoms with Gasteiger partial charge in [0.25, 0.3) is 10.1 Å². The number of aliphatic hydroxyl groups excluding tert-OH is 1. The first kappa shape index (κ1) is 22.6. The molecule has 1 atom stereocenters. The molecule has 0 fully saturated rings. The van der Waals surface area contributed by atoms with Gasteiger partial charge < -0.3 is 5.11 Å². The van der Waals surface area contributed by atoms with Crippen molar-refractivity contribution in [3.8, 4) is 0 Å². The molecule has 0 radical (unpaired) electrons. The standard InChI is InChI=1S/C23H32O4S/c1-15(2)19-12-20(16(3)4)23(21(13-19)17(5)6)28(25,26)27-14-22(24)18-10-8-7-9-11-18/h7-13,15-17,22,24H,14H2,1-6H3/t22-/m0/s1. The second kappa shape index (κ2) is 9.21. The summed E-state index contributed by atoms with van der Waals surface area (Å²) in [5.41, 5.74) is 3.28. The summed E-state index contributed by atoms with van der Waals surface area (Å²) in [4.78, 5) is 0.252. The molecule has 0 aromatic heterocycles. The molecule has 0 heterocycles. The molecular formula is C23H32O4S. The molecular weight excluding hydrogens is 372 g/mol.